The van der Waals surface area contributed by atoms with Gasteiger partial charge in [-0.1, -0.05) is 121 Å². The fraction of sp³-hybridized carbons (Fsp3) is 1.00. The Kier molecular flexibility index (Phi) is 44.3. The molecule has 0 N–H and O–H groups in total. The highest BCUT2D eigenvalue weighted by Gasteiger charge is 1.76. The molecule has 0 amide bonds. The molecule has 0 atom stereocenters. The molecule has 0 aliphatic heterocycles. The molecule has 0 fully saturated rings. The van der Waals surface area contributed by atoms with E-state index in [1.165, 1.54) is 51.4 Å². The lowest BCUT2D eigenvalue weighted by Crippen LogP contribution is -1.66. The Hall–Kier alpha value is 0. The van der Waals surface area contributed by atoms with E-state index in [0.717, 1.165) is 11.8 Å². The Morgan fingerprint density at radius 2 is 0.500 bits per heavy atom. The van der Waals surface area contributed by atoms with Gasteiger partial charge in [0.05, 0.1) is 0 Å². The highest BCUT2D eigenvalue weighted by atomic mass is 13.8. The maximum absolute atomic E-state index is 2.23. The summed E-state index contributed by atoms with van der Waals surface area (Å²) in [6.07, 6.45) is 11.1. The molecule has 0 aliphatic rings. The number of rotatable bonds is 6. The third-order valence-electron chi connectivity index (χ3n) is 1.91. The molecule has 0 spiro atoms. The second kappa shape index (κ2) is 31.4. The van der Waals surface area contributed by atoms with Crippen molar-refractivity contribution in [3.63, 3.8) is 0 Å². The molecule has 0 bridgehead atoms. The fourth-order valence-electron chi connectivity index (χ4n) is 1.000. The van der Waals surface area contributed by atoms with Gasteiger partial charge in [-0.3, -0.25) is 0 Å². The summed E-state index contributed by atoms with van der Waals surface area (Å²) in [5, 5.41) is 0. The van der Waals surface area contributed by atoms with E-state index in [9.17, 15) is 0 Å². The van der Waals surface area contributed by atoms with Gasteiger partial charge < -0.3 is 0 Å². The van der Waals surface area contributed by atoms with Gasteiger partial charge in [0.1, 0.15) is 0 Å². The van der Waals surface area contributed by atoms with Crippen molar-refractivity contribution in [2.24, 2.45) is 11.8 Å². The van der Waals surface area contributed by atoms with E-state index in [1.807, 2.05) is 0 Å². The van der Waals surface area contributed by atoms with Gasteiger partial charge >= 0.3 is 0 Å². The molecule has 0 saturated heterocycles. The molecule has 0 aromatic rings. The molecular weight excluding hydrogens is 240 g/mol. The Morgan fingerprint density at radius 1 is 0.400 bits per heavy atom. The Morgan fingerprint density at radius 3 is 0.550 bits per heavy atom. The minimum absolute atomic E-state index is 0.833. The predicted molar refractivity (Wildman–Crippen MR) is 101 cm³/mol. The van der Waals surface area contributed by atoms with Crippen molar-refractivity contribution in [1.29, 1.82) is 0 Å². The standard InChI is InChI=1S/2C6H14.2C4H10/c2*1-3-5-6-4-2;2*1-4(2)3/h2*3-6H2,1-2H3;2*4H,1-3H3. The second-order valence-corrected chi connectivity index (χ2v) is 6.88. The first kappa shape index (κ1) is 28.2. The van der Waals surface area contributed by atoms with Crippen LogP contribution in [0.25, 0.3) is 0 Å². The van der Waals surface area contributed by atoms with E-state index in [1.54, 1.807) is 0 Å². The van der Waals surface area contributed by atoms with E-state index < -0.39 is 0 Å². The van der Waals surface area contributed by atoms with Gasteiger partial charge in [0.2, 0.25) is 0 Å². The summed E-state index contributed by atoms with van der Waals surface area (Å²) in [6, 6.07) is 0. The van der Waals surface area contributed by atoms with Crippen LogP contribution in [-0.2, 0) is 0 Å². The van der Waals surface area contributed by atoms with Crippen LogP contribution < -0.4 is 0 Å². The van der Waals surface area contributed by atoms with Gasteiger partial charge in [-0.15, -0.1) is 0 Å². The van der Waals surface area contributed by atoms with Crippen molar-refractivity contribution >= 4 is 0 Å². The zero-order valence-electron chi connectivity index (χ0n) is 16.8. The summed E-state index contributed by atoms with van der Waals surface area (Å²) in [5.74, 6) is 1.67. The number of unbranched alkanes of at least 4 members (excludes halogenated alkanes) is 6. The summed E-state index contributed by atoms with van der Waals surface area (Å²) in [5.41, 5.74) is 0. The van der Waals surface area contributed by atoms with Gasteiger partial charge in [0.25, 0.3) is 0 Å². The highest BCUT2D eigenvalue weighted by Crippen LogP contribution is 1.95. The summed E-state index contributed by atoms with van der Waals surface area (Å²) in [7, 11) is 0. The van der Waals surface area contributed by atoms with Gasteiger partial charge in [0, 0.05) is 0 Å². The first-order valence-corrected chi connectivity index (χ1v) is 9.29. The summed E-state index contributed by atoms with van der Waals surface area (Å²) >= 11 is 0. The van der Waals surface area contributed by atoms with E-state index in [4.69, 9.17) is 0 Å². The quantitative estimate of drug-likeness (QED) is 0.430. The topological polar surface area (TPSA) is 0 Å². The average molecular weight is 289 g/mol. The maximum Gasteiger partial charge on any atom is -0.0500 e. The first-order chi connectivity index (χ1) is 9.29. The van der Waals surface area contributed by atoms with Crippen LogP contribution in [0.2, 0.25) is 0 Å². The molecule has 128 valence electrons. The van der Waals surface area contributed by atoms with Crippen LogP contribution in [0.15, 0.2) is 0 Å². The van der Waals surface area contributed by atoms with Crippen LogP contribution in [0, 0.1) is 11.8 Å². The summed E-state index contributed by atoms with van der Waals surface area (Å²) in [6.45, 7) is 21.9. The van der Waals surface area contributed by atoms with Crippen LogP contribution in [0.3, 0.4) is 0 Å². The highest BCUT2D eigenvalue weighted by molar-refractivity contribution is 4.31. The fourth-order valence-corrected chi connectivity index (χ4v) is 1.000. The normalized spacial score (nSPS) is 9.00. The molecule has 0 rings (SSSR count). The Balaban J connectivity index is -0.0000000871. The van der Waals surface area contributed by atoms with Gasteiger partial charge in [0.15, 0.2) is 0 Å². The zero-order valence-corrected chi connectivity index (χ0v) is 16.8. The van der Waals surface area contributed by atoms with Crippen molar-refractivity contribution < 1.29 is 0 Å². The Labute approximate surface area is 133 Å². The molecule has 0 aromatic heterocycles. The second-order valence-electron chi connectivity index (χ2n) is 6.88. The largest absolute Gasteiger partial charge is 0.0654 e. The minimum atomic E-state index is 0.833. The van der Waals surface area contributed by atoms with Crippen LogP contribution in [0.1, 0.15) is 121 Å². The van der Waals surface area contributed by atoms with Crippen molar-refractivity contribution in [3.05, 3.63) is 0 Å². The molecule has 0 aromatic carbocycles. The van der Waals surface area contributed by atoms with Gasteiger partial charge in [-0.2, -0.15) is 0 Å². The molecule has 0 nitrogen and oxygen atoms in total. The minimum Gasteiger partial charge on any atom is -0.0654 e. The van der Waals surface area contributed by atoms with E-state index in [0.29, 0.717) is 0 Å². The number of hydrogen-bond donors (Lipinski definition) is 0. The maximum atomic E-state index is 2.23. The monoisotopic (exact) mass is 288 g/mol. The van der Waals surface area contributed by atoms with Crippen LogP contribution in [0.5, 0.6) is 0 Å². The molecule has 20 heavy (non-hydrogen) atoms. The van der Waals surface area contributed by atoms with Crippen molar-refractivity contribution in [1.82, 2.24) is 0 Å². The SMILES string of the molecule is CC(C)C.CC(C)C.CCCCCC.CCCCCC. The van der Waals surface area contributed by atoms with Crippen molar-refractivity contribution in [2.75, 3.05) is 0 Å². The molecule has 0 radical (unpaired) electrons. The van der Waals surface area contributed by atoms with E-state index in [-0.39, 0.29) is 0 Å². The lowest BCUT2D eigenvalue weighted by atomic mass is 10.2. The van der Waals surface area contributed by atoms with E-state index in [2.05, 4.69) is 69.2 Å². The molecule has 0 unspecified atom stereocenters. The van der Waals surface area contributed by atoms with E-state index >= 15 is 0 Å². The summed E-state index contributed by atoms with van der Waals surface area (Å²) < 4.78 is 0. The summed E-state index contributed by atoms with van der Waals surface area (Å²) in [4.78, 5) is 0. The van der Waals surface area contributed by atoms with Crippen LogP contribution in [-0.4, -0.2) is 0 Å². The van der Waals surface area contributed by atoms with Crippen LogP contribution in [0.4, 0.5) is 0 Å². The molecular formula is C20H48. The van der Waals surface area contributed by atoms with Crippen LogP contribution >= 0.6 is 0 Å². The predicted octanol–water partition coefficient (Wildman–Crippen LogP) is 8.50. The zero-order chi connectivity index (χ0) is 16.8. The van der Waals surface area contributed by atoms with Gasteiger partial charge in [-0.05, 0) is 11.8 Å². The van der Waals surface area contributed by atoms with Crippen molar-refractivity contribution in [3.8, 4) is 0 Å². The third kappa shape index (κ3) is 144. The molecule has 0 saturated carbocycles. The molecule has 0 aliphatic carbocycles. The number of hydrogen-bond acceptors (Lipinski definition) is 0. The lowest BCUT2D eigenvalue weighted by molar-refractivity contribution is 0.702. The smallest absolute Gasteiger partial charge is 0.0500 e. The van der Waals surface area contributed by atoms with Crippen molar-refractivity contribution in [2.45, 2.75) is 121 Å². The first-order valence-electron chi connectivity index (χ1n) is 9.29. The molecule has 0 heteroatoms. The lowest BCUT2D eigenvalue weighted by Gasteiger charge is -1.86. The average Bonchev–Trinajstić information content (AvgIpc) is 2.33. The molecule has 0 heterocycles. The third-order valence-corrected chi connectivity index (χ3v) is 1.91. The Bertz CT molecular complexity index is 75.1. The van der Waals surface area contributed by atoms with Gasteiger partial charge in [-0.25, -0.2) is 0 Å².